The largest absolute Gasteiger partial charge is 0.412 e. The fourth-order valence-corrected chi connectivity index (χ4v) is 4.97. The van der Waals surface area contributed by atoms with Crippen molar-refractivity contribution in [3.63, 3.8) is 0 Å². The molecule has 0 unspecified atom stereocenters. The van der Waals surface area contributed by atoms with Crippen molar-refractivity contribution in [1.82, 2.24) is 4.90 Å². The summed E-state index contributed by atoms with van der Waals surface area (Å²) in [4.78, 5) is 14.8. The second-order valence-electron chi connectivity index (χ2n) is 9.23. The molecule has 2 fully saturated rings. The maximum Gasteiger partial charge on any atom is 0.228 e. The van der Waals surface area contributed by atoms with E-state index in [-0.39, 0.29) is 34.9 Å². The minimum Gasteiger partial charge on any atom is -0.412 e. The Balaban J connectivity index is 2.23. The van der Waals surface area contributed by atoms with Crippen molar-refractivity contribution in [2.75, 3.05) is 6.54 Å². The van der Waals surface area contributed by atoms with Crippen LogP contribution in [-0.2, 0) is 9.22 Å². The quantitative estimate of drug-likeness (QED) is 0.797. The number of carbonyl (C=O) groups excluding carboxylic acids is 1. The van der Waals surface area contributed by atoms with Gasteiger partial charge in [0.2, 0.25) is 5.91 Å². The molecule has 23 heavy (non-hydrogen) atoms. The topological polar surface area (TPSA) is 49.8 Å². The molecule has 0 aromatic carbocycles. The number of nitrogens with zero attached hydrogens (tertiary/aromatic N) is 1. The van der Waals surface area contributed by atoms with E-state index in [9.17, 15) is 9.90 Å². The Morgan fingerprint density at radius 3 is 2.43 bits per heavy atom. The molecule has 2 aliphatic heterocycles. The van der Waals surface area contributed by atoms with E-state index in [1.807, 2.05) is 18.7 Å². The lowest BCUT2D eigenvalue weighted by Crippen LogP contribution is -2.58. The second-order valence-corrected chi connectivity index (χ2v) is 14.0. The predicted molar refractivity (Wildman–Crippen MR) is 95.8 cm³/mol. The zero-order valence-corrected chi connectivity index (χ0v) is 16.9. The summed E-state index contributed by atoms with van der Waals surface area (Å²) in [5.41, 5.74) is 0. The van der Waals surface area contributed by atoms with Crippen molar-refractivity contribution < 1.29 is 14.3 Å². The molecule has 4 nitrogen and oxygen atoms in total. The van der Waals surface area contributed by atoms with Gasteiger partial charge in [-0.05, 0) is 43.3 Å². The second kappa shape index (κ2) is 6.49. The molecule has 5 heteroatoms. The Morgan fingerprint density at radius 2 is 1.91 bits per heavy atom. The lowest BCUT2D eigenvalue weighted by atomic mass is 9.82. The Kier molecular flexibility index (Phi) is 5.34. The molecule has 1 amide bonds. The van der Waals surface area contributed by atoms with Gasteiger partial charge in [-0.25, -0.2) is 0 Å². The van der Waals surface area contributed by atoms with Gasteiger partial charge in [-0.2, -0.15) is 0 Å². The monoisotopic (exact) mass is 341 g/mol. The van der Waals surface area contributed by atoms with E-state index in [1.54, 1.807) is 0 Å². The van der Waals surface area contributed by atoms with Crippen molar-refractivity contribution in [3.05, 3.63) is 0 Å². The summed E-state index contributed by atoms with van der Waals surface area (Å²) in [5.74, 6) is -0.0699. The van der Waals surface area contributed by atoms with Gasteiger partial charge in [0.05, 0.1) is 24.2 Å². The summed E-state index contributed by atoms with van der Waals surface area (Å²) in [5, 5.41) is 10.7. The SMILES string of the molecule is CC(C)[C@@H](O)[C@H]1C[C@@H](O[Si](C)(C)C(C)(C)C)[C@@H]2CCCN2C1=O. The molecule has 0 aromatic rings. The number of hydrogen-bond acceptors (Lipinski definition) is 3. The van der Waals surface area contributed by atoms with Crippen LogP contribution >= 0.6 is 0 Å². The van der Waals surface area contributed by atoms with Crippen molar-refractivity contribution in [1.29, 1.82) is 0 Å². The van der Waals surface area contributed by atoms with E-state index >= 15 is 0 Å². The summed E-state index contributed by atoms with van der Waals surface area (Å²) in [6, 6.07) is 0.215. The van der Waals surface area contributed by atoms with Gasteiger partial charge in [0, 0.05) is 6.54 Å². The highest BCUT2D eigenvalue weighted by Gasteiger charge is 2.50. The van der Waals surface area contributed by atoms with Crippen LogP contribution in [0.5, 0.6) is 0 Å². The van der Waals surface area contributed by atoms with Gasteiger partial charge in [0.25, 0.3) is 0 Å². The maximum atomic E-state index is 12.8. The Morgan fingerprint density at radius 1 is 1.30 bits per heavy atom. The summed E-state index contributed by atoms with van der Waals surface area (Å²) in [6.45, 7) is 16.1. The third-order valence-electron chi connectivity index (χ3n) is 6.16. The molecule has 2 aliphatic rings. The van der Waals surface area contributed by atoms with Gasteiger partial charge in [-0.3, -0.25) is 4.79 Å². The summed E-state index contributed by atoms with van der Waals surface area (Å²) >= 11 is 0. The number of amides is 1. The van der Waals surface area contributed by atoms with Crippen molar-refractivity contribution >= 4 is 14.2 Å². The molecule has 0 aliphatic carbocycles. The number of rotatable bonds is 4. The van der Waals surface area contributed by atoms with E-state index in [1.165, 1.54) is 0 Å². The first-order chi connectivity index (χ1) is 10.5. The Hall–Kier alpha value is -0.393. The van der Waals surface area contributed by atoms with Crippen LogP contribution in [0.4, 0.5) is 0 Å². The number of fused-ring (bicyclic) bond motifs is 1. The first kappa shape index (κ1) is 18.9. The number of hydrogen-bond donors (Lipinski definition) is 1. The smallest absolute Gasteiger partial charge is 0.228 e. The van der Waals surface area contributed by atoms with Crippen molar-refractivity contribution in [3.8, 4) is 0 Å². The van der Waals surface area contributed by atoms with Crippen LogP contribution in [0.3, 0.4) is 0 Å². The highest BCUT2D eigenvalue weighted by atomic mass is 28.4. The van der Waals surface area contributed by atoms with Gasteiger partial charge in [-0.1, -0.05) is 34.6 Å². The van der Waals surface area contributed by atoms with E-state index in [0.29, 0.717) is 6.42 Å². The predicted octanol–water partition coefficient (Wildman–Crippen LogP) is 3.40. The lowest BCUT2D eigenvalue weighted by Gasteiger charge is -2.47. The van der Waals surface area contributed by atoms with Crippen LogP contribution in [0, 0.1) is 11.8 Å². The summed E-state index contributed by atoms with van der Waals surface area (Å²) in [6.07, 6.45) is 2.27. The van der Waals surface area contributed by atoms with Gasteiger partial charge in [-0.15, -0.1) is 0 Å². The fourth-order valence-electron chi connectivity index (χ4n) is 3.61. The van der Waals surface area contributed by atoms with Crippen LogP contribution in [0.25, 0.3) is 0 Å². The molecular weight excluding hydrogens is 306 g/mol. The molecule has 2 heterocycles. The molecule has 4 atom stereocenters. The normalized spacial score (nSPS) is 30.7. The fraction of sp³-hybridized carbons (Fsp3) is 0.944. The number of aliphatic hydroxyl groups excluding tert-OH is 1. The standard InChI is InChI=1S/C18H35NO3Si/c1-12(2)16(20)13-11-15(22-23(6,7)18(3,4)5)14-9-8-10-19(14)17(13)21/h12-16,20H,8-11H2,1-7H3/t13-,14+,15-,16-/m1/s1. The third kappa shape index (κ3) is 3.66. The van der Waals surface area contributed by atoms with Gasteiger partial charge < -0.3 is 14.4 Å². The van der Waals surface area contributed by atoms with Crippen LogP contribution in [0.2, 0.25) is 18.1 Å². The zero-order valence-electron chi connectivity index (χ0n) is 15.9. The average molecular weight is 342 g/mol. The minimum atomic E-state index is -1.89. The summed E-state index contributed by atoms with van der Waals surface area (Å²) in [7, 11) is -1.89. The van der Waals surface area contributed by atoms with Crippen LogP contribution in [0.15, 0.2) is 0 Å². The van der Waals surface area contributed by atoms with Crippen molar-refractivity contribution in [2.45, 2.75) is 90.3 Å². The lowest BCUT2D eigenvalue weighted by molar-refractivity contribution is -0.152. The number of aliphatic hydroxyl groups is 1. The van der Waals surface area contributed by atoms with E-state index in [4.69, 9.17) is 4.43 Å². The van der Waals surface area contributed by atoms with Gasteiger partial charge in [0.15, 0.2) is 8.32 Å². The average Bonchev–Trinajstić information content (AvgIpc) is 2.89. The van der Waals surface area contributed by atoms with Gasteiger partial charge >= 0.3 is 0 Å². The Bertz CT molecular complexity index is 444. The molecular formula is C18H35NO3Si. The molecule has 2 rings (SSSR count). The zero-order chi connectivity index (χ0) is 17.6. The molecule has 0 bridgehead atoms. The minimum absolute atomic E-state index is 0.0782. The van der Waals surface area contributed by atoms with Gasteiger partial charge in [0.1, 0.15) is 0 Å². The molecule has 0 radical (unpaired) electrons. The Labute approximate surface area is 142 Å². The highest BCUT2D eigenvalue weighted by molar-refractivity contribution is 6.74. The van der Waals surface area contributed by atoms with Crippen LogP contribution in [-0.4, -0.2) is 49.0 Å². The number of piperidine rings is 1. The third-order valence-corrected chi connectivity index (χ3v) is 10.7. The molecule has 1 N–H and O–H groups in total. The van der Waals surface area contributed by atoms with E-state index < -0.39 is 14.4 Å². The molecule has 0 spiro atoms. The molecule has 0 aromatic heterocycles. The first-order valence-electron chi connectivity index (χ1n) is 9.12. The highest BCUT2D eigenvalue weighted by Crippen LogP contribution is 2.42. The van der Waals surface area contributed by atoms with Crippen LogP contribution in [0.1, 0.15) is 53.9 Å². The maximum absolute atomic E-state index is 12.8. The van der Waals surface area contributed by atoms with Crippen molar-refractivity contribution in [2.24, 2.45) is 11.8 Å². The van der Waals surface area contributed by atoms with Crippen LogP contribution < -0.4 is 0 Å². The summed E-state index contributed by atoms with van der Waals surface area (Å²) < 4.78 is 6.70. The molecule has 2 saturated heterocycles. The van der Waals surface area contributed by atoms with E-state index in [0.717, 1.165) is 19.4 Å². The van der Waals surface area contributed by atoms with E-state index in [2.05, 4.69) is 33.9 Å². The molecule has 0 saturated carbocycles. The number of carbonyl (C=O) groups is 1. The molecule has 134 valence electrons. The first-order valence-corrected chi connectivity index (χ1v) is 12.0.